The molecule has 5 heteroatoms. The fraction of sp³-hybridized carbons (Fsp3) is 0.929. The molecule has 1 aliphatic heterocycles. The first kappa shape index (κ1) is 16.7. The van der Waals surface area contributed by atoms with Gasteiger partial charge >= 0.3 is 0 Å². The quantitative estimate of drug-likeness (QED) is 0.846. The lowest BCUT2D eigenvalue weighted by molar-refractivity contribution is -0.166. The Kier molecular flexibility index (Phi) is 5.27. The summed E-state index contributed by atoms with van der Waals surface area (Å²) >= 11 is 0. The highest BCUT2D eigenvalue weighted by Gasteiger charge is 2.45. The van der Waals surface area contributed by atoms with Crippen molar-refractivity contribution in [3.8, 4) is 0 Å². The summed E-state index contributed by atoms with van der Waals surface area (Å²) in [5.74, 6) is 0.255. The predicted octanol–water partition coefficient (Wildman–Crippen LogP) is 1.95. The minimum atomic E-state index is -0.285. The summed E-state index contributed by atoms with van der Waals surface area (Å²) in [7, 11) is 0. The molecule has 2 N–H and O–H groups in total. The number of rotatable bonds is 2. The van der Waals surface area contributed by atoms with Gasteiger partial charge in [0.25, 0.3) is 0 Å². The molecule has 0 aromatic carbocycles. The van der Waals surface area contributed by atoms with Crippen LogP contribution in [0.1, 0.15) is 46.5 Å². The van der Waals surface area contributed by atoms with Gasteiger partial charge in [-0.05, 0) is 33.6 Å². The molecule has 1 heterocycles. The van der Waals surface area contributed by atoms with Crippen molar-refractivity contribution in [1.29, 1.82) is 0 Å². The molecule has 2 fully saturated rings. The van der Waals surface area contributed by atoms with Crippen LogP contribution in [-0.2, 0) is 9.53 Å². The summed E-state index contributed by atoms with van der Waals surface area (Å²) < 4.78 is 5.86. The minimum absolute atomic E-state index is 0. The molecule has 2 rings (SSSR count). The molecular formula is C14H27ClN2O2. The van der Waals surface area contributed by atoms with Crippen LogP contribution in [0.3, 0.4) is 0 Å². The van der Waals surface area contributed by atoms with E-state index in [9.17, 15) is 4.79 Å². The van der Waals surface area contributed by atoms with E-state index in [0.29, 0.717) is 19.6 Å². The molecule has 0 bridgehead atoms. The zero-order valence-corrected chi connectivity index (χ0v) is 13.1. The summed E-state index contributed by atoms with van der Waals surface area (Å²) in [6, 6.07) is 0. The third-order valence-electron chi connectivity index (χ3n) is 4.26. The van der Waals surface area contributed by atoms with Crippen LogP contribution in [0, 0.1) is 5.41 Å². The summed E-state index contributed by atoms with van der Waals surface area (Å²) in [5, 5.41) is 0. The van der Waals surface area contributed by atoms with Gasteiger partial charge in [0.05, 0.1) is 17.1 Å². The summed E-state index contributed by atoms with van der Waals surface area (Å²) in [5.41, 5.74) is 5.37. The van der Waals surface area contributed by atoms with Crippen molar-refractivity contribution in [3.05, 3.63) is 0 Å². The minimum Gasteiger partial charge on any atom is -0.369 e. The molecule has 1 unspecified atom stereocenters. The molecular weight excluding hydrogens is 264 g/mol. The fourth-order valence-electron chi connectivity index (χ4n) is 3.50. The van der Waals surface area contributed by atoms with E-state index in [1.807, 2.05) is 25.7 Å². The molecule has 1 saturated heterocycles. The first-order chi connectivity index (χ1) is 8.38. The van der Waals surface area contributed by atoms with Gasteiger partial charge in [0.15, 0.2) is 0 Å². The van der Waals surface area contributed by atoms with Crippen molar-refractivity contribution >= 4 is 18.3 Å². The Morgan fingerprint density at radius 2 is 1.95 bits per heavy atom. The number of nitrogens with zero attached hydrogens (tertiary/aromatic N) is 1. The topological polar surface area (TPSA) is 55.6 Å². The lowest BCUT2D eigenvalue weighted by Crippen LogP contribution is -2.58. The molecule has 1 saturated carbocycles. The first-order valence-electron chi connectivity index (χ1n) is 7.06. The molecule has 1 aliphatic carbocycles. The lowest BCUT2D eigenvalue weighted by atomic mass is 9.84. The Labute approximate surface area is 122 Å². The van der Waals surface area contributed by atoms with Crippen LogP contribution in [0.15, 0.2) is 0 Å². The van der Waals surface area contributed by atoms with Gasteiger partial charge in [0.2, 0.25) is 5.91 Å². The summed E-state index contributed by atoms with van der Waals surface area (Å²) in [6.07, 6.45) is 4.27. The third-order valence-corrected chi connectivity index (χ3v) is 4.26. The fourth-order valence-corrected chi connectivity index (χ4v) is 3.50. The Hall–Kier alpha value is -0.320. The van der Waals surface area contributed by atoms with E-state index in [4.69, 9.17) is 10.5 Å². The zero-order chi connectivity index (χ0) is 13.4. The average Bonchev–Trinajstić information content (AvgIpc) is 2.75. The van der Waals surface area contributed by atoms with E-state index in [0.717, 1.165) is 25.7 Å². The van der Waals surface area contributed by atoms with Crippen LogP contribution in [0.25, 0.3) is 0 Å². The number of nitrogens with two attached hydrogens (primary N) is 1. The van der Waals surface area contributed by atoms with Gasteiger partial charge in [-0.15, -0.1) is 12.4 Å². The van der Waals surface area contributed by atoms with Crippen molar-refractivity contribution in [2.75, 3.05) is 19.6 Å². The van der Waals surface area contributed by atoms with E-state index in [2.05, 4.69) is 0 Å². The smallest absolute Gasteiger partial charge is 0.230 e. The van der Waals surface area contributed by atoms with Crippen LogP contribution < -0.4 is 5.73 Å². The Balaban J connectivity index is 0.00000180. The maximum absolute atomic E-state index is 12.8. The van der Waals surface area contributed by atoms with E-state index in [-0.39, 0.29) is 35.4 Å². The molecule has 19 heavy (non-hydrogen) atoms. The molecule has 112 valence electrons. The van der Waals surface area contributed by atoms with E-state index < -0.39 is 0 Å². The molecule has 0 aromatic rings. The van der Waals surface area contributed by atoms with Crippen LogP contribution in [0.2, 0.25) is 0 Å². The second-order valence-corrected chi connectivity index (χ2v) is 6.57. The molecule has 4 nitrogen and oxygen atoms in total. The van der Waals surface area contributed by atoms with E-state index in [1.54, 1.807) is 0 Å². The van der Waals surface area contributed by atoms with Crippen molar-refractivity contribution in [2.45, 2.75) is 58.2 Å². The maximum Gasteiger partial charge on any atom is 0.230 e. The molecule has 0 spiro atoms. The number of hydrogen-bond donors (Lipinski definition) is 1. The number of carbonyl (C=O) groups is 1. The monoisotopic (exact) mass is 290 g/mol. The first-order valence-corrected chi connectivity index (χ1v) is 7.06. The normalized spacial score (nSPS) is 28.8. The molecule has 0 radical (unpaired) electrons. The van der Waals surface area contributed by atoms with Gasteiger partial charge in [-0.2, -0.15) is 0 Å². The number of ether oxygens (including phenoxy) is 1. The number of morpholine rings is 1. The van der Waals surface area contributed by atoms with Crippen LogP contribution in [0.4, 0.5) is 0 Å². The second-order valence-electron chi connectivity index (χ2n) is 6.57. The number of amides is 1. The standard InChI is InChI=1S/C14H26N2O2.ClH/c1-11-8-16(10-13(2,3)18-11)12(17)14(9-15)6-4-5-7-14;/h11H,4-10,15H2,1-3H3;1H. The number of halogens is 1. The SMILES string of the molecule is CC1CN(C(=O)C2(CN)CCCC2)CC(C)(C)O1.Cl. The van der Waals surface area contributed by atoms with Crippen molar-refractivity contribution < 1.29 is 9.53 Å². The maximum atomic E-state index is 12.8. The van der Waals surface area contributed by atoms with Gasteiger partial charge in [-0.25, -0.2) is 0 Å². The average molecular weight is 291 g/mol. The molecule has 1 amide bonds. The summed E-state index contributed by atoms with van der Waals surface area (Å²) in [4.78, 5) is 14.8. The van der Waals surface area contributed by atoms with Gasteiger partial charge in [-0.3, -0.25) is 4.79 Å². The van der Waals surface area contributed by atoms with Crippen LogP contribution in [0.5, 0.6) is 0 Å². The lowest BCUT2D eigenvalue weighted by Gasteiger charge is -2.44. The molecule has 2 aliphatic rings. The predicted molar refractivity (Wildman–Crippen MR) is 78.4 cm³/mol. The number of hydrogen-bond acceptors (Lipinski definition) is 3. The van der Waals surface area contributed by atoms with Crippen LogP contribution >= 0.6 is 12.4 Å². The zero-order valence-electron chi connectivity index (χ0n) is 12.3. The highest BCUT2D eigenvalue weighted by molar-refractivity contribution is 5.85. The highest BCUT2D eigenvalue weighted by atomic mass is 35.5. The van der Waals surface area contributed by atoms with E-state index in [1.165, 1.54) is 0 Å². The van der Waals surface area contributed by atoms with Gasteiger partial charge < -0.3 is 15.4 Å². The van der Waals surface area contributed by atoms with Gasteiger partial charge in [0.1, 0.15) is 0 Å². The van der Waals surface area contributed by atoms with Crippen molar-refractivity contribution in [3.63, 3.8) is 0 Å². The van der Waals surface area contributed by atoms with Crippen LogP contribution in [-0.4, -0.2) is 42.1 Å². The largest absolute Gasteiger partial charge is 0.369 e. The van der Waals surface area contributed by atoms with Crippen molar-refractivity contribution in [2.24, 2.45) is 11.1 Å². The van der Waals surface area contributed by atoms with E-state index >= 15 is 0 Å². The summed E-state index contributed by atoms with van der Waals surface area (Å²) in [6.45, 7) is 7.99. The van der Waals surface area contributed by atoms with Gasteiger partial charge in [-0.1, -0.05) is 12.8 Å². The third kappa shape index (κ3) is 3.41. The Bertz CT molecular complexity index is 327. The molecule has 0 aromatic heterocycles. The number of carbonyl (C=O) groups excluding carboxylic acids is 1. The van der Waals surface area contributed by atoms with Crippen molar-refractivity contribution in [1.82, 2.24) is 4.90 Å². The Morgan fingerprint density at radius 3 is 2.42 bits per heavy atom. The Morgan fingerprint density at radius 1 is 1.37 bits per heavy atom. The molecule has 1 atom stereocenters. The van der Waals surface area contributed by atoms with Gasteiger partial charge in [0, 0.05) is 19.6 Å². The second kappa shape index (κ2) is 5.98. The highest BCUT2D eigenvalue weighted by Crippen LogP contribution is 2.39.